The van der Waals surface area contributed by atoms with Gasteiger partial charge in [0.25, 0.3) is 0 Å². The predicted molar refractivity (Wildman–Crippen MR) is 88.9 cm³/mol. The van der Waals surface area contributed by atoms with Crippen LogP contribution in [-0.2, 0) is 4.79 Å². The number of benzene rings is 1. The number of carbonyl (C=O) groups is 2. The number of amides is 3. The molecule has 23 heavy (non-hydrogen) atoms. The maximum atomic E-state index is 12.1. The quantitative estimate of drug-likeness (QED) is 0.872. The van der Waals surface area contributed by atoms with Crippen LogP contribution < -0.4 is 5.32 Å². The van der Waals surface area contributed by atoms with Gasteiger partial charge in [0.2, 0.25) is 5.91 Å². The summed E-state index contributed by atoms with van der Waals surface area (Å²) in [4.78, 5) is 29.2. The van der Waals surface area contributed by atoms with Gasteiger partial charge in [0, 0.05) is 25.5 Å². The van der Waals surface area contributed by atoms with Crippen molar-refractivity contribution in [2.24, 2.45) is 0 Å². The standard InChI is InChI=1S/C16H18N4O2S/c1-11-3-4-13(12(2)9-11)19-7-6-18-16(19)23-10-14(21)20-8-5-17-15(20)22/h3-4,6-7,9H,5,8,10H2,1-2H3,(H,17,22). The van der Waals surface area contributed by atoms with Gasteiger partial charge in [-0.2, -0.15) is 0 Å². The van der Waals surface area contributed by atoms with E-state index >= 15 is 0 Å². The minimum absolute atomic E-state index is 0.190. The van der Waals surface area contributed by atoms with Crippen molar-refractivity contribution in [3.8, 4) is 5.69 Å². The van der Waals surface area contributed by atoms with E-state index in [-0.39, 0.29) is 17.7 Å². The molecule has 1 aromatic heterocycles. The van der Waals surface area contributed by atoms with Crippen molar-refractivity contribution in [3.05, 3.63) is 41.7 Å². The highest BCUT2D eigenvalue weighted by molar-refractivity contribution is 7.99. The topological polar surface area (TPSA) is 67.2 Å². The fourth-order valence-corrected chi connectivity index (χ4v) is 3.41. The summed E-state index contributed by atoms with van der Waals surface area (Å²) in [6.07, 6.45) is 3.60. The average Bonchev–Trinajstić information content (AvgIpc) is 3.13. The van der Waals surface area contributed by atoms with Crippen molar-refractivity contribution in [2.75, 3.05) is 18.8 Å². The van der Waals surface area contributed by atoms with E-state index in [0.717, 1.165) is 16.4 Å². The van der Waals surface area contributed by atoms with Crippen LogP contribution in [0.25, 0.3) is 5.69 Å². The molecule has 0 radical (unpaired) electrons. The van der Waals surface area contributed by atoms with Crippen molar-refractivity contribution < 1.29 is 9.59 Å². The van der Waals surface area contributed by atoms with Crippen molar-refractivity contribution in [2.45, 2.75) is 19.0 Å². The van der Waals surface area contributed by atoms with E-state index in [4.69, 9.17) is 0 Å². The molecule has 0 saturated carbocycles. The molecule has 2 aromatic rings. The minimum atomic E-state index is -0.312. The number of imidazole rings is 1. The fourth-order valence-electron chi connectivity index (χ4n) is 2.57. The Kier molecular flexibility index (Phi) is 4.38. The van der Waals surface area contributed by atoms with E-state index in [2.05, 4.69) is 36.3 Å². The molecular formula is C16H18N4O2S. The summed E-state index contributed by atoms with van der Waals surface area (Å²) in [7, 11) is 0. The van der Waals surface area contributed by atoms with E-state index < -0.39 is 0 Å². The number of imide groups is 1. The van der Waals surface area contributed by atoms with E-state index in [1.807, 2.05) is 16.8 Å². The Morgan fingerprint density at radius 2 is 2.22 bits per heavy atom. The number of rotatable bonds is 4. The van der Waals surface area contributed by atoms with Crippen LogP contribution in [0.15, 0.2) is 35.7 Å². The lowest BCUT2D eigenvalue weighted by atomic mass is 10.1. The zero-order valence-electron chi connectivity index (χ0n) is 13.1. The van der Waals surface area contributed by atoms with Crippen LogP contribution in [0.1, 0.15) is 11.1 Å². The first-order valence-corrected chi connectivity index (χ1v) is 8.37. The predicted octanol–water partition coefficient (Wildman–Crippen LogP) is 2.13. The molecule has 0 aliphatic carbocycles. The molecule has 2 heterocycles. The molecule has 7 heteroatoms. The van der Waals surface area contributed by atoms with E-state index in [9.17, 15) is 9.59 Å². The maximum Gasteiger partial charge on any atom is 0.324 e. The third-order valence-corrected chi connectivity index (χ3v) is 4.65. The van der Waals surface area contributed by atoms with E-state index in [1.54, 1.807) is 6.20 Å². The van der Waals surface area contributed by atoms with Crippen LogP contribution in [0.4, 0.5) is 4.79 Å². The molecule has 3 amide bonds. The Morgan fingerprint density at radius 1 is 1.39 bits per heavy atom. The van der Waals surface area contributed by atoms with Crippen molar-refractivity contribution in [1.82, 2.24) is 19.8 Å². The third-order valence-electron chi connectivity index (χ3n) is 3.70. The lowest BCUT2D eigenvalue weighted by molar-refractivity contribution is -0.124. The van der Waals surface area contributed by atoms with Crippen LogP contribution in [-0.4, -0.2) is 45.2 Å². The second-order valence-corrected chi connectivity index (χ2v) is 6.38. The SMILES string of the molecule is Cc1ccc(-n2ccnc2SCC(=O)N2CCNC2=O)c(C)c1. The molecule has 1 fully saturated rings. The molecule has 0 unspecified atom stereocenters. The van der Waals surface area contributed by atoms with Gasteiger partial charge in [-0.15, -0.1) is 0 Å². The van der Waals surface area contributed by atoms with Gasteiger partial charge in [0.1, 0.15) is 0 Å². The van der Waals surface area contributed by atoms with Gasteiger partial charge in [-0.3, -0.25) is 14.3 Å². The Morgan fingerprint density at radius 3 is 2.91 bits per heavy atom. The van der Waals surface area contributed by atoms with Crippen LogP contribution in [0.2, 0.25) is 0 Å². The molecule has 1 aliphatic rings. The lowest BCUT2D eigenvalue weighted by Gasteiger charge is -2.13. The molecule has 0 bridgehead atoms. The summed E-state index contributed by atoms with van der Waals surface area (Å²) in [5.74, 6) is -0.00446. The Hall–Kier alpha value is -2.28. The van der Waals surface area contributed by atoms with Gasteiger partial charge >= 0.3 is 6.03 Å². The van der Waals surface area contributed by atoms with Crippen molar-refractivity contribution in [3.63, 3.8) is 0 Å². The number of nitrogens with one attached hydrogen (secondary N) is 1. The van der Waals surface area contributed by atoms with Crippen molar-refractivity contribution in [1.29, 1.82) is 0 Å². The lowest BCUT2D eigenvalue weighted by Crippen LogP contribution is -2.35. The summed E-state index contributed by atoms with van der Waals surface area (Å²) in [5.41, 5.74) is 3.40. The molecule has 1 saturated heterocycles. The van der Waals surface area contributed by atoms with Gasteiger partial charge < -0.3 is 5.32 Å². The maximum absolute atomic E-state index is 12.1. The highest BCUT2D eigenvalue weighted by Gasteiger charge is 2.26. The van der Waals surface area contributed by atoms with E-state index in [0.29, 0.717) is 13.1 Å². The average molecular weight is 330 g/mol. The Labute approximate surface area is 138 Å². The summed E-state index contributed by atoms with van der Waals surface area (Å²) in [5, 5.41) is 3.37. The number of nitrogens with zero attached hydrogens (tertiary/aromatic N) is 3. The molecule has 3 rings (SSSR count). The largest absolute Gasteiger partial charge is 0.336 e. The normalized spacial score (nSPS) is 14.2. The zero-order valence-corrected chi connectivity index (χ0v) is 13.9. The summed E-state index contributed by atoms with van der Waals surface area (Å²) in [6, 6.07) is 5.90. The summed E-state index contributed by atoms with van der Waals surface area (Å²) >= 11 is 1.34. The van der Waals surface area contributed by atoms with Crippen LogP contribution >= 0.6 is 11.8 Å². The molecule has 120 valence electrons. The number of aryl methyl sites for hydroxylation is 2. The number of aromatic nitrogens is 2. The molecule has 0 atom stereocenters. The third kappa shape index (κ3) is 3.24. The fraction of sp³-hybridized carbons (Fsp3) is 0.312. The number of carbonyl (C=O) groups excluding carboxylic acids is 2. The number of hydrogen-bond acceptors (Lipinski definition) is 4. The first-order valence-electron chi connectivity index (χ1n) is 7.38. The molecule has 6 nitrogen and oxygen atoms in total. The Bertz CT molecular complexity index is 756. The van der Waals surface area contributed by atoms with Crippen LogP contribution in [0.3, 0.4) is 0 Å². The smallest absolute Gasteiger partial charge is 0.324 e. The van der Waals surface area contributed by atoms with Gasteiger partial charge in [-0.25, -0.2) is 9.78 Å². The second kappa shape index (κ2) is 6.45. The molecular weight excluding hydrogens is 312 g/mol. The van der Waals surface area contributed by atoms with Gasteiger partial charge in [0.15, 0.2) is 5.16 Å². The summed E-state index contributed by atoms with van der Waals surface area (Å²) in [6.45, 7) is 5.06. The first-order chi connectivity index (χ1) is 11.1. The monoisotopic (exact) mass is 330 g/mol. The molecule has 1 aliphatic heterocycles. The highest BCUT2D eigenvalue weighted by Crippen LogP contribution is 2.23. The molecule has 0 spiro atoms. The Balaban J connectivity index is 1.74. The second-order valence-electron chi connectivity index (χ2n) is 5.44. The first kappa shape index (κ1) is 15.6. The summed E-state index contributed by atoms with van der Waals surface area (Å²) < 4.78 is 1.97. The molecule has 1 N–H and O–H groups in total. The zero-order chi connectivity index (χ0) is 16.4. The number of urea groups is 1. The number of hydrogen-bond donors (Lipinski definition) is 1. The minimum Gasteiger partial charge on any atom is -0.336 e. The molecule has 1 aromatic carbocycles. The van der Waals surface area contributed by atoms with Crippen molar-refractivity contribution >= 4 is 23.7 Å². The van der Waals surface area contributed by atoms with Crippen LogP contribution in [0, 0.1) is 13.8 Å². The number of thioether (sulfide) groups is 1. The van der Waals surface area contributed by atoms with Crippen LogP contribution in [0.5, 0.6) is 0 Å². The van der Waals surface area contributed by atoms with Gasteiger partial charge in [0.05, 0.1) is 11.4 Å². The van der Waals surface area contributed by atoms with E-state index in [1.165, 1.54) is 22.2 Å². The highest BCUT2D eigenvalue weighted by atomic mass is 32.2. The van der Waals surface area contributed by atoms with Gasteiger partial charge in [-0.05, 0) is 25.5 Å². The van der Waals surface area contributed by atoms with Gasteiger partial charge in [-0.1, -0.05) is 29.5 Å².